The normalized spacial score (nSPS) is 12.6. The molecule has 0 bridgehead atoms. The summed E-state index contributed by atoms with van der Waals surface area (Å²) >= 11 is 0. The molecule has 2 radical (unpaired) electrons. The molecule has 23 heavy (non-hydrogen) atoms. The first kappa shape index (κ1) is 20.4. The smallest absolute Gasteiger partial charge is 0.282 e. The lowest BCUT2D eigenvalue weighted by Gasteiger charge is -2.25. The molecule has 5 heteroatoms. The van der Waals surface area contributed by atoms with E-state index in [0.717, 1.165) is 23.6 Å². The van der Waals surface area contributed by atoms with Crippen LogP contribution in [0.1, 0.15) is 71.8 Å². The van der Waals surface area contributed by atoms with Gasteiger partial charge in [-0.1, -0.05) is 78.4 Å². The van der Waals surface area contributed by atoms with Gasteiger partial charge in [-0.3, -0.25) is 4.55 Å². The molecule has 0 amide bonds. The number of hydrogen-bond donors (Lipinski definition) is 1. The van der Waals surface area contributed by atoms with Crippen molar-refractivity contribution in [1.82, 2.24) is 0 Å². The zero-order chi connectivity index (χ0) is 17.5. The van der Waals surface area contributed by atoms with Gasteiger partial charge >= 0.3 is 0 Å². The van der Waals surface area contributed by atoms with E-state index in [9.17, 15) is 13.0 Å². The molecule has 0 atom stereocenters. The molecule has 0 heterocycles. The Labute approximate surface area is 144 Å². The standard InChI is InChI=1S/C18H30O3SSi/c1-5-7-8-9-10-13-18(3,4)23-17-14-15(6-2)11-12-16(17)22(19,20)21/h11-12,14H,5-10,13H2,1-4H3,(H,19,20,21). The van der Waals surface area contributed by atoms with E-state index in [1.54, 1.807) is 12.1 Å². The molecular formula is C18H30O3SSi. The van der Waals surface area contributed by atoms with Crippen molar-refractivity contribution < 1.29 is 13.0 Å². The van der Waals surface area contributed by atoms with Crippen molar-refractivity contribution in [3.05, 3.63) is 23.8 Å². The van der Waals surface area contributed by atoms with Gasteiger partial charge in [-0.05, 0) is 28.3 Å². The second kappa shape index (κ2) is 8.99. The Morgan fingerprint density at radius 3 is 2.30 bits per heavy atom. The molecule has 0 aliphatic heterocycles. The number of benzene rings is 1. The minimum atomic E-state index is -4.16. The third-order valence-electron chi connectivity index (χ3n) is 4.11. The van der Waals surface area contributed by atoms with Crippen LogP contribution in [0.15, 0.2) is 23.1 Å². The van der Waals surface area contributed by atoms with Crippen LogP contribution in [-0.2, 0) is 16.5 Å². The Hall–Kier alpha value is -0.653. The molecular weight excluding hydrogens is 324 g/mol. The maximum atomic E-state index is 11.6. The number of hydrogen-bond acceptors (Lipinski definition) is 2. The summed E-state index contributed by atoms with van der Waals surface area (Å²) in [6.07, 6.45) is 8.16. The van der Waals surface area contributed by atoms with Gasteiger partial charge in [-0.2, -0.15) is 8.42 Å². The lowest BCUT2D eigenvalue weighted by molar-refractivity contribution is 0.483. The first-order valence-electron chi connectivity index (χ1n) is 8.58. The van der Waals surface area contributed by atoms with Gasteiger partial charge in [-0.25, -0.2) is 0 Å². The Morgan fingerprint density at radius 2 is 1.74 bits per heavy atom. The summed E-state index contributed by atoms with van der Waals surface area (Å²) in [7, 11) is -3.78. The second-order valence-corrected chi connectivity index (χ2v) is 10.4. The second-order valence-electron chi connectivity index (χ2n) is 6.83. The summed E-state index contributed by atoms with van der Waals surface area (Å²) in [5.41, 5.74) is 1.11. The first-order valence-corrected chi connectivity index (χ1v) is 11.0. The third kappa shape index (κ3) is 7.19. The van der Waals surface area contributed by atoms with E-state index in [4.69, 9.17) is 0 Å². The predicted molar refractivity (Wildman–Crippen MR) is 98.4 cm³/mol. The lowest BCUT2D eigenvalue weighted by atomic mass is 10.0. The van der Waals surface area contributed by atoms with Crippen LogP contribution in [0.4, 0.5) is 0 Å². The molecule has 0 unspecified atom stereocenters. The fourth-order valence-electron chi connectivity index (χ4n) is 2.72. The first-order chi connectivity index (χ1) is 10.7. The highest BCUT2D eigenvalue weighted by atomic mass is 32.2. The maximum absolute atomic E-state index is 11.6. The van der Waals surface area contributed by atoms with E-state index in [1.807, 2.05) is 13.0 Å². The van der Waals surface area contributed by atoms with Gasteiger partial charge < -0.3 is 0 Å². The monoisotopic (exact) mass is 354 g/mol. The van der Waals surface area contributed by atoms with E-state index in [1.165, 1.54) is 32.1 Å². The van der Waals surface area contributed by atoms with Gasteiger partial charge in [0.15, 0.2) is 0 Å². The van der Waals surface area contributed by atoms with Crippen molar-refractivity contribution in [2.45, 2.75) is 82.6 Å². The molecule has 1 N–H and O–H groups in total. The van der Waals surface area contributed by atoms with E-state index >= 15 is 0 Å². The van der Waals surface area contributed by atoms with Crippen LogP contribution in [-0.4, -0.2) is 22.5 Å². The molecule has 1 aromatic rings. The zero-order valence-corrected chi connectivity index (χ0v) is 16.7. The van der Waals surface area contributed by atoms with Crippen LogP contribution in [0.5, 0.6) is 0 Å². The number of unbranched alkanes of at least 4 members (excludes halogenated alkanes) is 4. The fraction of sp³-hybridized carbons (Fsp3) is 0.667. The maximum Gasteiger partial charge on any atom is 0.294 e. The Kier molecular flexibility index (Phi) is 7.97. The summed E-state index contributed by atoms with van der Waals surface area (Å²) in [6.45, 7) is 8.65. The summed E-state index contributed by atoms with van der Waals surface area (Å²) in [6, 6.07) is 5.28. The Bertz CT molecular complexity index is 594. The van der Waals surface area contributed by atoms with Crippen molar-refractivity contribution in [2.75, 3.05) is 0 Å². The van der Waals surface area contributed by atoms with Gasteiger partial charge in [0.2, 0.25) is 0 Å². The molecule has 0 fully saturated rings. The van der Waals surface area contributed by atoms with Crippen molar-refractivity contribution in [3.63, 3.8) is 0 Å². The molecule has 0 spiro atoms. The average Bonchev–Trinajstić information content (AvgIpc) is 2.45. The highest BCUT2D eigenvalue weighted by molar-refractivity contribution is 7.86. The van der Waals surface area contributed by atoms with Gasteiger partial charge in [0, 0.05) is 0 Å². The van der Waals surface area contributed by atoms with Gasteiger partial charge in [0.05, 0.1) is 14.4 Å². The van der Waals surface area contributed by atoms with E-state index < -0.39 is 10.1 Å². The summed E-state index contributed by atoms with van der Waals surface area (Å²) in [5, 5.41) is 0.822. The third-order valence-corrected chi connectivity index (χ3v) is 6.81. The molecule has 3 nitrogen and oxygen atoms in total. The summed E-state index contributed by atoms with van der Waals surface area (Å²) in [5.74, 6) is 0. The average molecular weight is 355 g/mol. The summed E-state index contributed by atoms with van der Waals surface area (Å²) < 4.78 is 32.7. The van der Waals surface area contributed by atoms with E-state index in [-0.39, 0.29) is 9.93 Å². The lowest BCUT2D eigenvalue weighted by Crippen LogP contribution is -2.30. The fourth-order valence-corrected chi connectivity index (χ4v) is 5.33. The van der Waals surface area contributed by atoms with Crippen LogP contribution < -0.4 is 5.19 Å². The van der Waals surface area contributed by atoms with Gasteiger partial charge in [0.1, 0.15) is 0 Å². The topological polar surface area (TPSA) is 54.4 Å². The molecule has 0 aliphatic carbocycles. The molecule has 0 saturated carbocycles. The SMILES string of the molecule is CCCCCCCC(C)(C)[Si]c1cc(CC)ccc1S(=O)(=O)O. The van der Waals surface area contributed by atoms with Crippen LogP contribution in [0, 0.1) is 0 Å². The zero-order valence-electron chi connectivity index (χ0n) is 14.9. The predicted octanol–water partition coefficient (Wildman–Crippen LogP) is 4.38. The minimum absolute atomic E-state index is 0.0536. The number of rotatable bonds is 10. The highest BCUT2D eigenvalue weighted by Crippen LogP contribution is 2.31. The largest absolute Gasteiger partial charge is 0.294 e. The van der Waals surface area contributed by atoms with E-state index in [0.29, 0.717) is 9.52 Å². The quantitative estimate of drug-likeness (QED) is 0.385. The van der Waals surface area contributed by atoms with Crippen molar-refractivity contribution in [1.29, 1.82) is 0 Å². The molecule has 0 aliphatic rings. The van der Waals surface area contributed by atoms with Crippen LogP contribution >= 0.6 is 0 Å². The molecule has 0 aromatic heterocycles. The van der Waals surface area contributed by atoms with Crippen molar-refractivity contribution in [3.8, 4) is 0 Å². The van der Waals surface area contributed by atoms with Crippen molar-refractivity contribution >= 4 is 24.8 Å². The van der Waals surface area contributed by atoms with Gasteiger partial charge in [-0.15, -0.1) is 0 Å². The molecule has 0 saturated heterocycles. The van der Waals surface area contributed by atoms with E-state index in [2.05, 4.69) is 20.8 Å². The van der Waals surface area contributed by atoms with Crippen LogP contribution in [0.3, 0.4) is 0 Å². The number of aryl methyl sites for hydroxylation is 1. The molecule has 1 rings (SSSR count). The molecule has 1 aromatic carbocycles. The minimum Gasteiger partial charge on any atom is -0.282 e. The van der Waals surface area contributed by atoms with Crippen molar-refractivity contribution in [2.24, 2.45) is 0 Å². The van der Waals surface area contributed by atoms with Gasteiger partial charge in [0.25, 0.3) is 10.1 Å². The summed E-state index contributed by atoms with van der Waals surface area (Å²) in [4.78, 5) is 0.0760. The Morgan fingerprint density at radius 1 is 1.09 bits per heavy atom. The highest BCUT2D eigenvalue weighted by Gasteiger charge is 2.24. The molecule has 130 valence electrons. The van der Waals surface area contributed by atoms with Crippen LogP contribution in [0.25, 0.3) is 0 Å². The Balaban J connectivity index is 2.84. The van der Waals surface area contributed by atoms with Crippen LogP contribution in [0.2, 0.25) is 5.04 Å².